The molecule has 1 N–H and O–H groups in total. The van der Waals surface area contributed by atoms with Crippen molar-refractivity contribution in [2.75, 3.05) is 6.54 Å². The number of carbonyl (C=O) groups excluding carboxylic acids is 1. The molecule has 0 spiro atoms. The monoisotopic (exact) mass is 175 g/mol. The lowest BCUT2D eigenvalue weighted by molar-refractivity contribution is -0.124. The molecule has 11 heavy (non-hydrogen) atoms. The topological polar surface area (TPSA) is 29.1 Å². The van der Waals surface area contributed by atoms with Crippen molar-refractivity contribution in [3.05, 3.63) is 0 Å². The maximum atomic E-state index is 11.1. The quantitative estimate of drug-likeness (QED) is 0.641. The molecular weight excluding hydrogens is 158 g/mol. The third-order valence-electron chi connectivity index (χ3n) is 2.14. The van der Waals surface area contributed by atoms with Gasteiger partial charge in [-0.3, -0.25) is 4.79 Å². The molecule has 1 unspecified atom stereocenters. The van der Waals surface area contributed by atoms with Crippen LogP contribution in [0.4, 0.5) is 0 Å². The van der Waals surface area contributed by atoms with Crippen molar-refractivity contribution in [3.63, 3.8) is 0 Å². The van der Waals surface area contributed by atoms with Crippen LogP contribution in [0.5, 0.6) is 0 Å². The lowest BCUT2D eigenvalue weighted by Crippen LogP contribution is -2.28. The van der Waals surface area contributed by atoms with Crippen LogP contribution in [0.3, 0.4) is 0 Å². The average Bonchev–Trinajstić information content (AvgIpc) is 2.13. The Bertz CT molecular complexity index is 127. The SMILES string of the molecule is CCC1CCCCNC1=O.S. The normalized spacial score (nSPS) is 24.8. The Hall–Kier alpha value is -0.180. The molecule has 1 heterocycles. The Morgan fingerprint density at radius 3 is 2.91 bits per heavy atom. The summed E-state index contributed by atoms with van der Waals surface area (Å²) >= 11 is 0. The lowest BCUT2D eigenvalue weighted by Gasteiger charge is -2.08. The summed E-state index contributed by atoms with van der Waals surface area (Å²) in [4.78, 5) is 11.1. The molecule has 1 amide bonds. The van der Waals surface area contributed by atoms with Gasteiger partial charge in [-0.2, -0.15) is 13.5 Å². The molecule has 1 fully saturated rings. The number of hydrogen-bond acceptors (Lipinski definition) is 1. The van der Waals surface area contributed by atoms with Crippen LogP contribution in [-0.2, 0) is 4.79 Å². The van der Waals surface area contributed by atoms with E-state index in [1.807, 2.05) is 0 Å². The summed E-state index contributed by atoms with van der Waals surface area (Å²) in [6, 6.07) is 0. The van der Waals surface area contributed by atoms with Gasteiger partial charge in [0, 0.05) is 12.5 Å². The fourth-order valence-electron chi connectivity index (χ4n) is 1.39. The van der Waals surface area contributed by atoms with E-state index in [2.05, 4.69) is 12.2 Å². The highest BCUT2D eigenvalue weighted by atomic mass is 32.1. The highest BCUT2D eigenvalue weighted by molar-refractivity contribution is 7.59. The van der Waals surface area contributed by atoms with Crippen LogP contribution < -0.4 is 5.32 Å². The fourth-order valence-corrected chi connectivity index (χ4v) is 1.39. The molecular formula is C8H17NOS. The second kappa shape index (κ2) is 5.47. The van der Waals surface area contributed by atoms with Gasteiger partial charge in [0.25, 0.3) is 0 Å². The van der Waals surface area contributed by atoms with Crippen molar-refractivity contribution >= 4 is 19.4 Å². The summed E-state index contributed by atoms with van der Waals surface area (Å²) in [7, 11) is 0. The van der Waals surface area contributed by atoms with Gasteiger partial charge in [-0.1, -0.05) is 13.3 Å². The van der Waals surface area contributed by atoms with Gasteiger partial charge < -0.3 is 5.32 Å². The molecule has 2 nitrogen and oxygen atoms in total. The van der Waals surface area contributed by atoms with Crippen LogP contribution in [0.2, 0.25) is 0 Å². The summed E-state index contributed by atoms with van der Waals surface area (Å²) in [5.41, 5.74) is 0. The molecule has 0 bridgehead atoms. The maximum absolute atomic E-state index is 11.1. The Morgan fingerprint density at radius 2 is 2.27 bits per heavy atom. The Balaban J connectivity index is 0.000001000. The van der Waals surface area contributed by atoms with Gasteiger partial charge in [-0.05, 0) is 19.3 Å². The van der Waals surface area contributed by atoms with Crippen LogP contribution in [0, 0.1) is 5.92 Å². The Morgan fingerprint density at radius 1 is 1.55 bits per heavy atom. The van der Waals surface area contributed by atoms with Crippen molar-refractivity contribution in [2.24, 2.45) is 5.92 Å². The number of amides is 1. The van der Waals surface area contributed by atoms with Gasteiger partial charge in [-0.15, -0.1) is 0 Å². The fraction of sp³-hybridized carbons (Fsp3) is 0.875. The minimum atomic E-state index is 0. The second-order valence-electron chi connectivity index (χ2n) is 2.89. The zero-order valence-electron chi connectivity index (χ0n) is 7.02. The predicted molar refractivity (Wildman–Crippen MR) is 51.0 cm³/mol. The smallest absolute Gasteiger partial charge is 0.223 e. The molecule has 1 atom stereocenters. The van der Waals surface area contributed by atoms with Gasteiger partial charge in [-0.25, -0.2) is 0 Å². The minimum Gasteiger partial charge on any atom is -0.356 e. The van der Waals surface area contributed by atoms with E-state index in [0.29, 0.717) is 5.92 Å². The first-order valence-electron chi connectivity index (χ1n) is 4.12. The van der Waals surface area contributed by atoms with Crippen LogP contribution in [-0.4, -0.2) is 12.5 Å². The maximum Gasteiger partial charge on any atom is 0.223 e. The highest BCUT2D eigenvalue weighted by Crippen LogP contribution is 2.14. The van der Waals surface area contributed by atoms with Gasteiger partial charge in [0.2, 0.25) is 5.91 Å². The lowest BCUT2D eigenvalue weighted by atomic mass is 10.0. The number of nitrogens with one attached hydrogen (secondary N) is 1. The highest BCUT2D eigenvalue weighted by Gasteiger charge is 2.17. The van der Waals surface area contributed by atoms with Crippen molar-refractivity contribution in [1.82, 2.24) is 5.32 Å². The van der Waals surface area contributed by atoms with Crippen molar-refractivity contribution in [3.8, 4) is 0 Å². The van der Waals surface area contributed by atoms with Gasteiger partial charge in [0.15, 0.2) is 0 Å². The zero-order chi connectivity index (χ0) is 7.40. The van der Waals surface area contributed by atoms with Gasteiger partial charge in [0.1, 0.15) is 0 Å². The minimum absolute atomic E-state index is 0. The third kappa shape index (κ3) is 3.14. The van der Waals surface area contributed by atoms with E-state index in [1.54, 1.807) is 0 Å². The molecule has 0 aromatic carbocycles. The van der Waals surface area contributed by atoms with Crippen molar-refractivity contribution in [1.29, 1.82) is 0 Å². The van der Waals surface area contributed by atoms with Crippen LogP contribution >= 0.6 is 13.5 Å². The van der Waals surface area contributed by atoms with E-state index in [1.165, 1.54) is 6.42 Å². The number of hydrogen-bond donors (Lipinski definition) is 1. The van der Waals surface area contributed by atoms with Crippen LogP contribution in [0.1, 0.15) is 32.6 Å². The molecule has 0 saturated carbocycles. The molecule has 1 saturated heterocycles. The van der Waals surface area contributed by atoms with Crippen LogP contribution in [0.25, 0.3) is 0 Å². The van der Waals surface area contributed by atoms with E-state index in [-0.39, 0.29) is 19.4 Å². The largest absolute Gasteiger partial charge is 0.356 e. The van der Waals surface area contributed by atoms with E-state index in [9.17, 15) is 4.79 Å². The predicted octanol–water partition coefficient (Wildman–Crippen LogP) is 1.43. The number of rotatable bonds is 1. The van der Waals surface area contributed by atoms with E-state index in [0.717, 1.165) is 25.8 Å². The van der Waals surface area contributed by atoms with E-state index >= 15 is 0 Å². The summed E-state index contributed by atoms with van der Waals surface area (Å²) in [6.45, 7) is 2.96. The molecule has 3 heteroatoms. The summed E-state index contributed by atoms with van der Waals surface area (Å²) < 4.78 is 0. The second-order valence-corrected chi connectivity index (χ2v) is 2.89. The molecule has 1 rings (SSSR count). The third-order valence-corrected chi connectivity index (χ3v) is 2.14. The van der Waals surface area contributed by atoms with E-state index in [4.69, 9.17) is 0 Å². The van der Waals surface area contributed by atoms with E-state index < -0.39 is 0 Å². The van der Waals surface area contributed by atoms with Crippen LogP contribution in [0.15, 0.2) is 0 Å². The summed E-state index contributed by atoms with van der Waals surface area (Å²) in [6.07, 6.45) is 4.44. The first kappa shape index (κ1) is 10.8. The first-order valence-corrected chi connectivity index (χ1v) is 4.12. The first-order chi connectivity index (χ1) is 4.84. The van der Waals surface area contributed by atoms with Gasteiger partial charge >= 0.3 is 0 Å². The van der Waals surface area contributed by atoms with Crippen molar-refractivity contribution in [2.45, 2.75) is 32.6 Å². The molecule has 1 aliphatic heterocycles. The van der Waals surface area contributed by atoms with Gasteiger partial charge in [0.05, 0.1) is 0 Å². The molecule has 1 aliphatic rings. The standard InChI is InChI=1S/C8H15NO.H2S/c1-2-7-5-3-4-6-9-8(7)10;/h7H,2-6H2,1H3,(H,9,10);1H2. The molecule has 66 valence electrons. The Labute approximate surface area is 75.2 Å². The number of carbonyl (C=O) groups is 1. The summed E-state index contributed by atoms with van der Waals surface area (Å²) in [5, 5.41) is 2.91. The van der Waals surface area contributed by atoms with Crippen molar-refractivity contribution < 1.29 is 4.79 Å². The molecule has 0 radical (unpaired) electrons. The molecule has 0 aromatic rings. The average molecular weight is 175 g/mol. The summed E-state index contributed by atoms with van der Waals surface area (Å²) in [5.74, 6) is 0.558. The Kier molecular flexibility index (Phi) is 5.38. The zero-order valence-corrected chi connectivity index (χ0v) is 8.02. The molecule has 0 aliphatic carbocycles. The molecule has 0 aromatic heterocycles.